The Balaban J connectivity index is 0.00000242. The van der Waals surface area contributed by atoms with Crippen LogP contribution in [-0.4, -0.2) is 35.8 Å². The van der Waals surface area contributed by atoms with E-state index in [9.17, 15) is 28.8 Å². The molecule has 0 radical (unpaired) electrons. The number of carbonyl (C=O) groups is 1. The molecule has 0 unspecified atom stereocenters. The number of halogens is 3. The van der Waals surface area contributed by atoms with Gasteiger partial charge in [-0.05, 0) is 0 Å². The van der Waals surface area contributed by atoms with Gasteiger partial charge in [0.1, 0.15) is 6.04 Å². The van der Waals surface area contributed by atoms with Crippen molar-refractivity contribution < 1.29 is 33.1 Å². The van der Waals surface area contributed by atoms with Gasteiger partial charge in [-0.25, -0.2) is 13.6 Å². The molecular formula is C11H11ClF2N2O6. The number of nitrogens with zero attached hydrogens (tertiary/aromatic N) is 1. The average Bonchev–Trinajstić information content (AvgIpc) is 2.42. The van der Waals surface area contributed by atoms with E-state index in [1.54, 1.807) is 0 Å². The Morgan fingerprint density at radius 3 is 2.73 bits per heavy atom. The highest BCUT2D eigenvalue weighted by Gasteiger charge is 2.48. The SMILES string of the molecule is COc1cc([N+](=O)[O-])cc([C@H]2NC(=O)OCC2(F)F)c1O.Cl. The molecule has 1 saturated heterocycles. The Labute approximate surface area is 128 Å². The number of methoxy groups -OCH3 is 1. The Hall–Kier alpha value is -2.36. The molecule has 0 aliphatic carbocycles. The molecule has 1 aliphatic rings. The highest BCUT2D eigenvalue weighted by Crippen LogP contribution is 2.43. The molecule has 1 aromatic carbocycles. The van der Waals surface area contributed by atoms with E-state index in [1.165, 1.54) is 0 Å². The highest BCUT2D eigenvalue weighted by atomic mass is 35.5. The van der Waals surface area contributed by atoms with Gasteiger partial charge < -0.3 is 19.9 Å². The summed E-state index contributed by atoms with van der Waals surface area (Å²) in [5.74, 6) is -4.61. The quantitative estimate of drug-likeness (QED) is 0.644. The third kappa shape index (κ3) is 3.11. The van der Waals surface area contributed by atoms with Crippen molar-refractivity contribution in [2.75, 3.05) is 13.7 Å². The fourth-order valence-electron chi connectivity index (χ4n) is 1.91. The van der Waals surface area contributed by atoms with Gasteiger partial charge in [-0.1, -0.05) is 0 Å². The number of nitrogens with one attached hydrogen (secondary N) is 1. The molecule has 22 heavy (non-hydrogen) atoms. The number of hydrogen-bond acceptors (Lipinski definition) is 6. The van der Waals surface area contributed by atoms with Gasteiger partial charge in [0, 0.05) is 11.6 Å². The number of ether oxygens (including phenoxy) is 2. The van der Waals surface area contributed by atoms with Crippen LogP contribution in [0.4, 0.5) is 19.3 Å². The number of amides is 1. The van der Waals surface area contributed by atoms with Crippen molar-refractivity contribution in [3.05, 3.63) is 27.8 Å². The fourth-order valence-corrected chi connectivity index (χ4v) is 1.91. The number of hydrogen-bond donors (Lipinski definition) is 2. The first kappa shape index (κ1) is 17.7. The van der Waals surface area contributed by atoms with Crippen molar-refractivity contribution in [1.82, 2.24) is 5.32 Å². The number of carbonyl (C=O) groups excluding carboxylic acids is 1. The van der Waals surface area contributed by atoms with Gasteiger partial charge in [0.25, 0.3) is 5.69 Å². The van der Waals surface area contributed by atoms with E-state index in [4.69, 9.17) is 4.74 Å². The Morgan fingerprint density at radius 2 is 2.18 bits per heavy atom. The molecule has 11 heteroatoms. The number of nitro benzene ring substituents is 1. The van der Waals surface area contributed by atoms with E-state index >= 15 is 0 Å². The fraction of sp³-hybridized carbons (Fsp3) is 0.364. The second-order valence-electron chi connectivity index (χ2n) is 4.26. The van der Waals surface area contributed by atoms with Gasteiger partial charge in [0.2, 0.25) is 0 Å². The summed E-state index contributed by atoms with van der Waals surface area (Å²) in [5, 5.41) is 22.5. The topological polar surface area (TPSA) is 111 Å². The molecule has 2 rings (SSSR count). The Bertz CT molecular complexity index is 612. The largest absolute Gasteiger partial charge is 0.504 e. The van der Waals surface area contributed by atoms with E-state index in [1.807, 2.05) is 5.32 Å². The van der Waals surface area contributed by atoms with Gasteiger partial charge in [-0.2, -0.15) is 0 Å². The maximum atomic E-state index is 13.8. The summed E-state index contributed by atoms with van der Waals surface area (Å²) in [6, 6.07) is -0.326. The predicted octanol–water partition coefficient (Wildman–Crippen LogP) is 2.15. The minimum atomic E-state index is -3.55. The number of benzene rings is 1. The van der Waals surface area contributed by atoms with Crippen LogP contribution in [0.5, 0.6) is 11.5 Å². The van der Waals surface area contributed by atoms with Crippen LogP contribution in [0.15, 0.2) is 12.1 Å². The van der Waals surface area contributed by atoms with Gasteiger partial charge in [-0.3, -0.25) is 10.1 Å². The van der Waals surface area contributed by atoms with Crippen LogP contribution < -0.4 is 10.1 Å². The molecular weight excluding hydrogens is 330 g/mol. The number of phenols is 1. The lowest BCUT2D eigenvalue weighted by Gasteiger charge is -2.32. The highest BCUT2D eigenvalue weighted by molar-refractivity contribution is 5.85. The summed E-state index contributed by atoms with van der Waals surface area (Å²) >= 11 is 0. The monoisotopic (exact) mass is 340 g/mol. The van der Waals surface area contributed by atoms with E-state index < -0.39 is 46.6 Å². The van der Waals surface area contributed by atoms with E-state index in [0.29, 0.717) is 0 Å². The third-order valence-electron chi connectivity index (χ3n) is 2.91. The number of cyclic esters (lactones) is 1. The number of rotatable bonds is 3. The summed E-state index contributed by atoms with van der Waals surface area (Å²) in [4.78, 5) is 21.1. The molecule has 0 saturated carbocycles. The van der Waals surface area contributed by atoms with Crippen LogP contribution >= 0.6 is 12.4 Å². The van der Waals surface area contributed by atoms with Crippen molar-refractivity contribution in [3.63, 3.8) is 0 Å². The molecule has 1 aliphatic heterocycles. The van der Waals surface area contributed by atoms with Crippen LogP contribution in [0.2, 0.25) is 0 Å². The van der Waals surface area contributed by atoms with E-state index in [-0.39, 0.29) is 18.2 Å². The first-order chi connectivity index (χ1) is 9.76. The number of alkyl carbamates (subject to hydrolysis) is 1. The number of phenolic OH excluding ortho intramolecular Hbond substituents is 1. The van der Waals surface area contributed by atoms with Gasteiger partial charge in [0.05, 0.1) is 18.1 Å². The summed E-state index contributed by atoms with van der Waals surface area (Å²) in [6.07, 6.45) is -1.12. The molecule has 0 aromatic heterocycles. The molecule has 1 aromatic rings. The zero-order chi connectivity index (χ0) is 15.8. The molecule has 0 bridgehead atoms. The van der Waals surface area contributed by atoms with Crippen molar-refractivity contribution in [1.29, 1.82) is 0 Å². The van der Waals surface area contributed by atoms with Crippen LogP contribution in [0.25, 0.3) is 0 Å². The van der Waals surface area contributed by atoms with Crippen molar-refractivity contribution >= 4 is 24.2 Å². The first-order valence-electron chi connectivity index (χ1n) is 5.62. The predicted molar refractivity (Wildman–Crippen MR) is 70.7 cm³/mol. The van der Waals surface area contributed by atoms with Crippen molar-refractivity contribution in [3.8, 4) is 11.5 Å². The van der Waals surface area contributed by atoms with E-state index in [2.05, 4.69) is 4.74 Å². The lowest BCUT2D eigenvalue weighted by Crippen LogP contribution is -2.49. The molecule has 122 valence electrons. The van der Waals surface area contributed by atoms with E-state index in [0.717, 1.165) is 19.2 Å². The van der Waals surface area contributed by atoms with Crippen molar-refractivity contribution in [2.24, 2.45) is 0 Å². The van der Waals surface area contributed by atoms with Crippen molar-refractivity contribution in [2.45, 2.75) is 12.0 Å². The summed E-state index contributed by atoms with van der Waals surface area (Å²) < 4.78 is 36.5. The Kier molecular flexibility index (Phi) is 4.97. The number of nitro groups is 1. The maximum Gasteiger partial charge on any atom is 0.408 e. The standard InChI is InChI=1S/C11H10F2N2O6.ClH/c1-20-7-3-5(15(18)19)2-6(8(7)16)9-11(12,13)4-21-10(17)14-9;/h2-3,9,16H,4H2,1H3,(H,14,17);1H/t9-;/m1./s1. The molecule has 1 heterocycles. The molecule has 1 fully saturated rings. The zero-order valence-electron chi connectivity index (χ0n) is 11.0. The summed E-state index contributed by atoms with van der Waals surface area (Å²) in [6.45, 7) is -1.20. The first-order valence-corrected chi connectivity index (χ1v) is 5.62. The summed E-state index contributed by atoms with van der Waals surface area (Å²) in [7, 11) is 1.11. The zero-order valence-corrected chi connectivity index (χ0v) is 11.9. The second kappa shape index (κ2) is 6.18. The Morgan fingerprint density at radius 1 is 1.55 bits per heavy atom. The minimum Gasteiger partial charge on any atom is -0.504 e. The van der Waals surface area contributed by atoms with Gasteiger partial charge >= 0.3 is 12.0 Å². The van der Waals surface area contributed by atoms with Gasteiger partial charge in [0.15, 0.2) is 18.1 Å². The second-order valence-corrected chi connectivity index (χ2v) is 4.26. The summed E-state index contributed by atoms with van der Waals surface area (Å²) in [5.41, 5.74) is -1.08. The smallest absolute Gasteiger partial charge is 0.408 e. The van der Waals surface area contributed by atoms with Gasteiger partial charge in [-0.15, -0.1) is 12.4 Å². The molecule has 0 spiro atoms. The molecule has 1 atom stereocenters. The molecule has 1 amide bonds. The normalized spacial score (nSPS) is 19.4. The number of aromatic hydroxyl groups is 1. The van der Waals surface area contributed by atoms with Crippen LogP contribution in [0.3, 0.4) is 0 Å². The van der Waals surface area contributed by atoms with Crippen LogP contribution in [0.1, 0.15) is 11.6 Å². The molecule has 8 nitrogen and oxygen atoms in total. The lowest BCUT2D eigenvalue weighted by molar-refractivity contribution is -0.385. The number of non-ortho nitro benzene ring substituents is 1. The maximum absolute atomic E-state index is 13.8. The lowest BCUT2D eigenvalue weighted by atomic mass is 9.98. The van der Waals surface area contributed by atoms with Crippen LogP contribution in [-0.2, 0) is 4.74 Å². The third-order valence-corrected chi connectivity index (χ3v) is 2.91. The minimum absolute atomic E-state index is 0. The van der Waals surface area contributed by atoms with Crippen LogP contribution in [0, 0.1) is 10.1 Å². The molecule has 2 N–H and O–H groups in total. The number of alkyl halides is 2. The average molecular weight is 341 g/mol.